The molecule has 28 heavy (non-hydrogen) atoms. The van der Waals surface area contributed by atoms with Crippen molar-refractivity contribution in [3.63, 3.8) is 0 Å². The Hall–Kier alpha value is -3.59. The number of aromatic nitrogens is 6. The lowest BCUT2D eigenvalue weighted by atomic mass is 10.3. The molecule has 0 aliphatic rings. The molecule has 0 amide bonds. The minimum absolute atomic E-state index is 0.182. The van der Waals surface area contributed by atoms with Gasteiger partial charge in [0.15, 0.2) is 0 Å². The van der Waals surface area contributed by atoms with E-state index < -0.39 is 5.82 Å². The molecule has 0 atom stereocenters. The van der Waals surface area contributed by atoms with Gasteiger partial charge in [0.2, 0.25) is 0 Å². The first-order valence-electron chi connectivity index (χ1n) is 8.48. The molecule has 0 unspecified atom stereocenters. The van der Waals surface area contributed by atoms with E-state index >= 15 is 0 Å². The highest BCUT2D eigenvalue weighted by molar-refractivity contribution is 7.13. The van der Waals surface area contributed by atoms with Gasteiger partial charge in [-0.2, -0.15) is 5.10 Å². The van der Waals surface area contributed by atoms with Gasteiger partial charge >= 0.3 is 0 Å². The second-order valence-corrected chi connectivity index (χ2v) is 7.12. The maximum atomic E-state index is 13.9. The number of fused-ring (bicyclic) bond motifs is 1. The molecule has 7 nitrogen and oxygen atoms in total. The van der Waals surface area contributed by atoms with Crippen molar-refractivity contribution in [3.05, 3.63) is 88.3 Å². The number of thiophene rings is 1. The molecule has 0 saturated heterocycles. The molecule has 138 valence electrons. The van der Waals surface area contributed by atoms with Crippen molar-refractivity contribution in [2.45, 2.75) is 6.54 Å². The molecule has 0 saturated carbocycles. The Balaban J connectivity index is 1.48. The van der Waals surface area contributed by atoms with E-state index in [1.54, 1.807) is 58.7 Å². The maximum absolute atomic E-state index is 13.9. The summed E-state index contributed by atoms with van der Waals surface area (Å²) in [6.07, 6.45) is 5.00. The van der Waals surface area contributed by atoms with Crippen LogP contribution in [0.15, 0.2) is 71.2 Å². The Morgan fingerprint density at radius 1 is 1.11 bits per heavy atom. The third-order valence-electron chi connectivity index (χ3n) is 4.35. The number of hydrogen-bond acceptors (Lipinski definition) is 5. The van der Waals surface area contributed by atoms with E-state index in [0.29, 0.717) is 16.9 Å². The fourth-order valence-electron chi connectivity index (χ4n) is 3.00. The van der Waals surface area contributed by atoms with E-state index in [1.165, 1.54) is 15.3 Å². The summed E-state index contributed by atoms with van der Waals surface area (Å²) >= 11 is 1.57. The van der Waals surface area contributed by atoms with Crippen LogP contribution in [0.4, 0.5) is 4.39 Å². The van der Waals surface area contributed by atoms with Crippen LogP contribution in [0.25, 0.3) is 21.8 Å². The highest BCUT2D eigenvalue weighted by atomic mass is 32.1. The largest absolute Gasteiger partial charge is 0.306 e. The molecule has 0 N–H and O–H groups in total. The summed E-state index contributed by atoms with van der Waals surface area (Å²) in [5, 5.41) is 14.5. The summed E-state index contributed by atoms with van der Waals surface area (Å²) in [6, 6.07) is 12.0. The van der Waals surface area contributed by atoms with Crippen molar-refractivity contribution in [1.82, 2.24) is 29.2 Å². The van der Waals surface area contributed by atoms with Crippen LogP contribution in [0.2, 0.25) is 0 Å². The average Bonchev–Trinajstić information content (AvgIpc) is 3.44. The molecule has 0 bridgehead atoms. The molecule has 4 heterocycles. The molecule has 9 heteroatoms. The third kappa shape index (κ3) is 2.81. The van der Waals surface area contributed by atoms with E-state index in [1.807, 2.05) is 17.5 Å². The summed E-state index contributed by atoms with van der Waals surface area (Å²) < 4.78 is 18.4. The lowest BCUT2D eigenvalue weighted by molar-refractivity contribution is 0.607. The quantitative estimate of drug-likeness (QED) is 0.471. The minimum Gasteiger partial charge on any atom is -0.306 e. The summed E-state index contributed by atoms with van der Waals surface area (Å²) in [6.45, 7) is 0.225. The zero-order valence-electron chi connectivity index (χ0n) is 14.4. The van der Waals surface area contributed by atoms with Crippen molar-refractivity contribution in [2.24, 2.45) is 0 Å². The number of halogens is 1. The lowest BCUT2D eigenvalue weighted by Gasteiger charge is -2.03. The van der Waals surface area contributed by atoms with Crippen molar-refractivity contribution in [2.75, 3.05) is 0 Å². The van der Waals surface area contributed by atoms with Gasteiger partial charge in [0.25, 0.3) is 5.56 Å². The van der Waals surface area contributed by atoms with E-state index in [2.05, 4.69) is 15.4 Å². The highest BCUT2D eigenvalue weighted by Crippen LogP contribution is 2.23. The monoisotopic (exact) mass is 392 g/mol. The van der Waals surface area contributed by atoms with Crippen LogP contribution >= 0.6 is 11.3 Å². The zero-order valence-corrected chi connectivity index (χ0v) is 15.3. The molecule has 0 fully saturated rings. The fourth-order valence-corrected chi connectivity index (χ4v) is 3.68. The Morgan fingerprint density at radius 2 is 2.00 bits per heavy atom. The molecule has 1 aromatic carbocycles. The van der Waals surface area contributed by atoms with E-state index in [-0.39, 0.29) is 12.1 Å². The molecule has 0 spiro atoms. The van der Waals surface area contributed by atoms with Crippen molar-refractivity contribution < 1.29 is 4.39 Å². The number of benzene rings is 1. The molecule has 0 aliphatic heterocycles. The van der Waals surface area contributed by atoms with E-state index in [0.717, 1.165) is 10.6 Å². The van der Waals surface area contributed by atoms with Gasteiger partial charge in [0.1, 0.15) is 28.4 Å². The van der Waals surface area contributed by atoms with E-state index in [4.69, 9.17) is 0 Å². The summed E-state index contributed by atoms with van der Waals surface area (Å²) in [7, 11) is 0. The van der Waals surface area contributed by atoms with E-state index in [9.17, 15) is 9.18 Å². The molecular weight excluding hydrogens is 379 g/mol. The predicted molar refractivity (Wildman–Crippen MR) is 103 cm³/mol. The first kappa shape index (κ1) is 16.6. The summed E-state index contributed by atoms with van der Waals surface area (Å²) in [5.74, 6) is -0.391. The number of hydrogen-bond donors (Lipinski definition) is 0. The molecule has 5 rings (SSSR count). The second-order valence-electron chi connectivity index (χ2n) is 6.17. The predicted octanol–water partition coefficient (Wildman–Crippen LogP) is 2.99. The van der Waals surface area contributed by atoms with Crippen LogP contribution in [0.1, 0.15) is 5.69 Å². The van der Waals surface area contributed by atoms with Crippen LogP contribution in [-0.2, 0) is 6.54 Å². The van der Waals surface area contributed by atoms with Gasteiger partial charge in [-0.3, -0.25) is 4.79 Å². The van der Waals surface area contributed by atoms with Gasteiger partial charge in [0.05, 0.1) is 17.6 Å². The number of nitrogens with zero attached hydrogens (tertiary/aromatic N) is 6. The maximum Gasteiger partial charge on any atom is 0.276 e. The SMILES string of the molecule is O=c1c2cc(-c3cccs3)nn2ccn1Cc1cn(-c2ccccc2F)nn1. The molecule has 4 aromatic heterocycles. The van der Waals surface area contributed by atoms with Crippen LogP contribution in [-0.4, -0.2) is 29.2 Å². The highest BCUT2D eigenvalue weighted by Gasteiger charge is 2.12. The van der Waals surface area contributed by atoms with Crippen LogP contribution in [0.5, 0.6) is 0 Å². The van der Waals surface area contributed by atoms with Gasteiger partial charge in [-0.1, -0.05) is 23.4 Å². The Morgan fingerprint density at radius 3 is 2.82 bits per heavy atom. The Bertz CT molecular complexity index is 1330. The molecule has 0 radical (unpaired) electrons. The van der Waals surface area contributed by atoms with Crippen molar-refractivity contribution in [3.8, 4) is 16.3 Å². The van der Waals surface area contributed by atoms with Crippen molar-refractivity contribution >= 4 is 16.9 Å². The van der Waals surface area contributed by atoms with Crippen LogP contribution < -0.4 is 5.56 Å². The first-order valence-corrected chi connectivity index (χ1v) is 9.36. The van der Waals surface area contributed by atoms with Crippen LogP contribution in [0, 0.1) is 5.82 Å². The van der Waals surface area contributed by atoms with Crippen LogP contribution in [0.3, 0.4) is 0 Å². The Kier molecular flexibility index (Phi) is 3.87. The van der Waals surface area contributed by atoms with Gasteiger partial charge in [0, 0.05) is 12.4 Å². The normalized spacial score (nSPS) is 11.3. The van der Waals surface area contributed by atoms with Gasteiger partial charge in [-0.05, 0) is 29.6 Å². The third-order valence-corrected chi connectivity index (χ3v) is 5.24. The van der Waals surface area contributed by atoms with Gasteiger partial charge < -0.3 is 4.57 Å². The number of rotatable bonds is 4. The average molecular weight is 392 g/mol. The smallest absolute Gasteiger partial charge is 0.276 e. The minimum atomic E-state index is -0.391. The summed E-state index contributed by atoms with van der Waals surface area (Å²) in [5.41, 5.74) is 1.91. The topological polar surface area (TPSA) is 70.0 Å². The van der Waals surface area contributed by atoms with Crippen molar-refractivity contribution in [1.29, 1.82) is 0 Å². The second kappa shape index (κ2) is 6.54. The molecule has 5 aromatic rings. The van der Waals surface area contributed by atoms with Gasteiger partial charge in [-0.25, -0.2) is 13.6 Å². The number of para-hydroxylation sites is 1. The molecular formula is C19H13FN6OS. The fraction of sp³-hybridized carbons (Fsp3) is 0.0526. The summed E-state index contributed by atoms with van der Waals surface area (Å²) in [4.78, 5) is 13.8. The zero-order chi connectivity index (χ0) is 19.1. The Labute approximate surface area is 161 Å². The standard InChI is InChI=1S/C19H13FN6OS/c20-14-4-1-2-5-16(14)26-12-13(21-23-26)11-24-7-8-25-17(19(24)27)10-15(22-25)18-6-3-9-28-18/h1-10,12H,11H2. The van der Waals surface area contributed by atoms with Gasteiger partial charge in [-0.15, -0.1) is 16.4 Å². The first-order chi connectivity index (χ1) is 13.7. The lowest BCUT2D eigenvalue weighted by Crippen LogP contribution is -2.21. The molecule has 0 aliphatic carbocycles.